The molecule has 1 saturated heterocycles. The summed E-state index contributed by atoms with van der Waals surface area (Å²) >= 11 is 3.41. The summed E-state index contributed by atoms with van der Waals surface area (Å²) in [5.74, 6) is 1.53. The molecule has 1 fully saturated rings. The highest BCUT2D eigenvalue weighted by Gasteiger charge is 2.25. The zero-order chi connectivity index (χ0) is 20.8. The van der Waals surface area contributed by atoms with E-state index in [2.05, 4.69) is 20.2 Å². The van der Waals surface area contributed by atoms with Crippen LogP contribution in [0.25, 0.3) is 0 Å². The number of piperidine rings is 1. The van der Waals surface area contributed by atoms with E-state index in [4.69, 9.17) is 4.74 Å². The van der Waals surface area contributed by atoms with Gasteiger partial charge in [0.1, 0.15) is 12.1 Å². The lowest BCUT2D eigenvalue weighted by Gasteiger charge is -2.30. The van der Waals surface area contributed by atoms with Crippen LogP contribution in [-0.2, 0) is 13.5 Å². The number of aryl methyl sites for hydroxylation is 2. The summed E-state index contributed by atoms with van der Waals surface area (Å²) in [6.07, 6.45) is 7.74. The second kappa shape index (κ2) is 10.0. The molecule has 10 heteroatoms. The van der Waals surface area contributed by atoms with E-state index in [1.165, 1.54) is 11.9 Å². The van der Waals surface area contributed by atoms with Gasteiger partial charge in [-0.3, -0.25) is 5.10 Å². The quantitative estimate of drug-likeness (QED) is 0.557. The summed E-state index contributed by atoms with van der Waals surface area (Å²) in [4.78, 5) is 22.7. The largest absolute Gasteiger partial charge is 0.415 e. The van der Waals surface area contributed by atoms with E-state index in [1.54, 1.807) is 28.4 Å². The number of ether oxygens (including phenoxy) is 1. The number of thioether (sulfide) groups is 2. The first kappa shape index (κ1) is 20.8. The number of aromatic amines is 1. The third-order valence-electron chi connectivity index (χ3n) is 4.90. The summed E-state index contributed by atoms with van der Waals surface area (Å²) in [6, 6.07) is 7.76. The van der Waals surface area contributed by atoms with Gasteiger partial charge in [0.2, 0.25) is 0 Å². The Labute approximate surface area is 183 Å². The molecule has 0 bridgehead atoms. The van der Waals surface area contributed by atoms with Crippen molar-refractivity contribution in [1.82, 2.24) is 29.6 Å². The van der Waals surface area contributed by atoms with Crippen molar-refractivity contribution >= 4 is 29.6 Å². The molecule has 3 heterocycles. The first-order valence-electron chi connectivity index (χ1n) is 9.85. The molecule has 3 aromatic rings. The Morgan fingerprint density at radius 3 is 2.70 bits per heavy atom. The van der Waals surface area contributed by atoms with E-state index >= 15 is 0 Å². The molecular formula is C20H24N6O2S2. The summed E-state index contributed by atoms with van der Waals surface area (Å²) < 4.78 is 7.58. The maximum absolute atomic E-state index is 12.5. The van der Waals surface area contributed by atoms with Gasteiger partial charge in [-0.15, -0.1) is 0 Å². The molecule has 158 valence electrons. The average Bonchev–Trinajstić information content (AvgIpc) is 3.42. The number of nitrogens with zero attached hydrogens (tertiary/aromatic N) is 5. The molecule has 0 aliphatic carbocycles. The van der Waals surface area contributed by atoms with Gasteiger partial charge in [-0.1, -0.05) is 35.7 Å². The normalized spacial score (nSPS) is 14.8. The van der Waals surface area contributed by atoms with Crippen LogP contribution in [0.2, 0.25) is 0 Å². The van der Waals surface area contributed by atoms with Crippen LogP contribution in [0.1, 0.15) is 18.4 Å². The molecule has 30 heavy (non-hydrogen) atoms. The minimum Gasteiger partial charge on any atom is -0.410 e. The van der Waals surface area contributed by atoms with Crippen LogP contribution < -0.4 is 4.74 Å². The van der Waals surface area contributed by atoms with Crippen molar-refractivity contribution in [1.29, 1.82) is 0 Å². The van der Waals surface area contributed by atoms with Crippen molar-refractivity contribution < 1.29 is 9.53 Å². The van der Waals surface area contributed by atoms with Crippen molar-refractivity contribution in [3.63, 3.8) is 0 Å². The lowest BCUT2D eigenvalue weighted by molar-refractivity contribution is 0.143. The average molecular weight is 445 g/mol. The fourth-order valence-electron chi connectivity index (χ4n) is 3.21. The van der Waals surface area contributed by atoms with Crippen LogP contribution >= 0.6 is 23.5 Å². The molecule has 1 aliphatic rings. The van der Waals surface area contributed by atoms with Gasteiger partial charge >= 0.3 is 6.09 Å². The van der Waals surface area contributed by atoms with Crippen molar-refractivity contribution in [2.45, 2.75) is 34.8 Å². The van der Waals surface area contributed by atoms with E-state index < -0.39 is 0 Å². The van der Waals surface area contributed by atoms with Crippen molar-refractivity contribution in [2.75, 3.05) is 18.8 Å². The van der Waals surface area contributed by atoms with E-state index in [1.807, 2.05) is 48.3 Å². The third-order valence-corrected chi connectivity index (χ3v) is 7.18. The molecule has 1 aromatic carbocycles. The van der Waals surface area contributed by atoms with Gasteiger partial charge in [-0.2, -0.15) is 5.10 Å². The number of hydrogen-bond acceptors (Lipinski definition) is 7. The minimum atomic E-state index is -0.281. The Balaban J connectivity index is 1.19. The SMILES string of the molecule is Cn1ccnc1SCCc1ccc(OC(=O)N2CCC(Sc3ncn[nH]3)CC2)cc1. The molecule has 0 radical (unpaired) electrons. The predicted octanol–water partition coefficient (Wildman–Crippen LogP) is 3.63. The lowest BCUT2D eigenvalue weighted by atomic mass is 10.1. The first-order chi connectivity index (χ1) is 14.7. The highest BCUT2D eigenvalue weighted by Crippen LogP contribution is 2.28. The number of aromatic nitrogens is 5. The maximum atomic E-state index is 12.5. The molecule has 1 amide bonds. The van der Waals surface area contributed by atoms with Gasteiger partial charge in [0.05, 0.1) is 0 Å². The number of hydrogen-bond donors (Lipinski definition) is 1. The second-order valence-corrected chi connectivity index (χ2v) is 9.38. The van der Waals surface area contributed by atoms with Crippen molar-refractivity contribution in [3.8, 4) is 5.75 Å². The zero-order valence-corrected chi connectivity index (χ0v) is 18.4. The van der Waals surface area contributed by atoms with Crippen LogP contribution in [0.3, 0.4) is 0 Å². The topological polar surface area (TPSA) is 88.9 Å². The number of imidazole rings is 1. The highest BCUT2D eigenvalue weighted by molar-refractivity contribution is 7.99. The lowest BCUT2D eigenvalue weighted by Crippen LogP contribution is -2.40. The van der Waals surface area contributed by atoms with Gasteiger partial charge in [0.15, 0.2) is 10.3 Å². The molecule has 8 nitrogen and oxygen atoms in total. The Bertz CT molecular complexity index is 937. The van der Waals surface area contributed by atoms with E-state index in [-0.39, 0.29) is 6.09 Å². The fraction of sp³-hybridized carbons (Fsp3) is 0.400. The second-order valence-electron chi connectivity index (χ2n) is 7.03. The van der Waals surface area contributed by atoms with E-state index in [9.17, 15) is 4.79 Å². The molecule has 0 unspecified atom stereocenters. The number of rotatable bonds is 7. The molecule has 0 spiro atoms. The summed E-state index contributed by atoms with van der Waals surface area (Å²) in [6.45, 7) is 1.38. The number of nitrogens with one attached hydrogen (secondary N) is 1. The molecule has 0 atom stereocenters. The minimum absolute atomic E-state index is 0.281. The van der Waals surface area contributed by atoms with Gasteiger partial charge in [0.25, 0.3) is 0 Å². The number of amides is 1. The Morgan fingerprint density at radius 1 is 1.23 bits per heavy atom. The number of benzene rings is 1. The Kier molecular flexibility index (Phi) is 6.96. The van der Waals surface area contributed by atoms with Crippen molar-refractivity contribution in [3.05, 3.63) is 48.5 Å². The third kappa shape index (κ3) is 5.57. The maximum Gasteiger partial charge on any atom is 0.415 e. The fourth-order valence-corrected chi connectivity index (χ4v) is 5.10. The first-order valence-corrected chi connectivity index (χ1v) is 11.7. The van der Waals surface area contributed by atoms with E-state index in [0.717, 1.165) is 35.3 Å². The van der Waals surface area contributed by atoms with Crippen LogP contribution in [0.15, 0.2) is 53.3 Å². The molecule has 2 aromatic heterocycles. The molecular weight excluding hydrogens is 420 g/mol. The predicted molar refractivity (Wildman–Crippen MR) is 117 cm³/mol. The van der Waals surface area contributed by atoms with Crippen LogP contribution in [0, 0.1) is 0 Å². The molecule has 0 saturated carbocycles. The van der Waals surface area contributed by atoms with Crippen molar-refractivity contribution in [2.24, 2.45) is 7.05 Å². The summed E-state index contributed by atoms with van der Waals surface area (Å²) in [5, 5.41) is 9.02. The Morgan fingerprint density at radius 2 is 2.03 bits per heavy atom. The Hall–Kier alpha value is -2.46. The number of carbonyl (C=O) groups excluding carboxylic acids is 1. The van der Waals surface area contributed by atoms with Crippen LogP contribution in [0.4, 0.5) is 4.79 Å². The zero-order valence-electron chi connectivity index (χ0n) is 16.7. The highest BCUT2D eigenvalue weighted by atomic mass is 32.2. The van der Waals surface area contributed by atoms with Gasteiger partial charge < -0.3 is 14.2 Å². The number of likely N-dealkylation sites (tertiary alicyclic amines) is 1. The standard InChI is InChI=1S/C20H24N6O2S2/c1-25-12-9-21-19(25)29-13-8-15-2-4-16(5-3-15)28-20(27)26-10-6-17(7-11-26)30-18-22-14-23-24-18/h2-5,9,12,14,17H,6-8,10-11,13H2,1H3,(H,22,23,24). The summed E-state index contributed by atoms with van der Waals surface area (Å²) in [7, 11) is 2.00. The van der Waals surface area contributed by atoms with Crippen LogP contribution in [-0.4, -0.2) is 59.8 Å². The van der Waals surface area contributed by atoms with Gasteiger partial charge in [0, 0.05) is 43.5 Å². The number of H-pyrrole nitrogens is 1. The van der Waals surface area contributed by atoms with E-state index in [0.29, 0.717) is 24.1 Å². The molecule has 4 rings (SSSR count). The monoisotopic (exact) mass is 444 g/mol. The summed E-state index contributed by atoms with van der Waals surface area (Å²) in [5.41, 5.74) is 1.21. The van der Waals surface area contributed by atoms with Gasteiger partial charge in [-0.05, 0) is 37.0 Å². The number of carbonyl (C=O) groups is 1. The van der Waals surface area contributed by atoms with Crippen LogP contribution in [0.5, 0.6) is 5.75 Å². The molecule has 1 N–H and O–H groups in total. The molecule has 1 aliphatic heterocycles. The smallest absolute Gasteiger partial charge is 0.410 e. The van der Waals surface area contributed by atoms with Gasteiger partial charge in [-0.25, -0.2) is 14.8 Å².